The van der Waals surface area contributed by atoms with Crippen molar-refractivity contribution in [2.45, 2.75) is 32.6 Å². The van der Waals surface area contributed by atoms with Gasteiger partial charge in [-0.2, -0.15) is 0 Å². The Morgan fingerprint density at radius 1 is 1.43 bits per heavy atom. The van der Waals surface area contributed by atoms with Crippen LogP contribution >= 0.6 is 11.6 Å². The lowest BCUT2D eigenvalue weighted by Gasteiger charge is -2.16. The topological polar surface area (TPSA) is 79.3 Å². The maximum Gasteiger partial charge on any atom is 0.306 e. The fraction of sp³-hybridized carbons (Fsp3) is 0.533. The number of nitrogens with zero attached hydrogens (tertiary/aromatic N) is 1. The molecule has 1 aliphatic rings. The number of pyridine rings is 1. The van der Waals surface area contributed by atoms with Crippen LogP contribution in [-0.2, 0) is 11.2 Å². The highest BCUT2D eigenvalue weighted by Crippen LogP contribution is 2.31. The molecular weight excluding hydrogens is 292 g/mol. The summed E-state index contributed by atoms with van der Waals surface area (Å²) in [5.74, 6) is -1.34. The zero-order valence-corrected chi connectivity index (χ0v) is 12.7. The number of carboxylic acids is 1. The fourth-order valence-electron chi connectivity index (χ4n) is 2.80. The lowest BCUT2D eigenvalue weighted by atomic mass is 9.96. The zero-order valence-electron chi connectivity index (χ0n) is 11.9. The summed E-state index contributed by atoms with van der Waals surface area (Å²) in [5.41, 5.74) is 1.23. The van der Waals surface area contributed by atoms with Crippen LogP contribution in [0.25, 0.3) is 0 Å². The number of aromatic nitrogens is 1. The number of aryl methyl sites for hydroxylation is 1. The molecule has 0 aliphatic heterocycles. The average molecular weight is 311 g/mol. The summed E-state index contributed by atoms with van der Waals surface area (Å²) < 4.78 is 0. The van der Waals surface area contributed by atoms with Gasteiger partial charge in [-0.25, -0.2) is 4.98 Å². The second-order valence-corrected chi connectivity index (χ2v) is 5.76. The van der Waals surface area contributed by atoms with Gasteiger partial charge in [0.25, 0.3) is 5.91 Å². The van der Waals surface area contributed by atoms with Gasteiger partial charge in [-0.05, 0) is 37.3 Å². The van der Waals surface area contributed by atoms with Crippen LogP contribution in [0.2, 0.25) is 5.15 Å². The molecule has 0 spiro atoms. The van der Waals surface area contributed by atoms with Gasteiger partial charge < -0.3 is 10.4 Å². The Morgan fingerprint density at radius 3 is 2.86 bits per heavy atom. The first kappa shape index (κ1) is 15.8. The summed E-state index contributed by atoms with van der Waals surface area (Å²) in [7, 11) is 0. The normalized spacial score (nSPS) is 21.2. The lowest BCUT2D eigenvalue weighted by molar-refractivity contribution is -0.142. The van der Waals surface area contributed by atoms with Crippen LogP contribution in [0.3, 0.4) is 0 Å². The molecule has 6 heteroatoms. The Kier molecular flexibility index (Phi) is 5.17. The summed E-state index contributed by atoms with van der Waals surface area (Å²) in [6.45, 7) is 2.33. The quantitative estimate of drug-likeness (QED) is 0.819. The van der Waals surface area contributed by atoms with Gasteiger partial charge in [0, 0.05) is 17.8 Å². The molecule has 0 aromatic carbocycles. The third-order valence-electron chi connectivity index (χ3n) is 3.97. The molecule has 1 aliphatic carbocycles. The molecule has 1 aromatic rings. The first-order valence-corrected chi connectivity index (χ1v) is 7.56. The Hall–Kier alpha value is -1.62. The lowest BCUT2D eigenvalue weighted by Crippen LogP contribution is -2.33. The highest BCUT2D eigenvalue weighted by Gasteiger charge is 2.32. The van der Waals surface area contributed by atoms with Gasteiger partial charge in [0.15, 0.2) is 0 Å². The van der Waals surface area contributed by atoms with Crippen molar-refractivity contribution in [2.24, 2.45) is 11.8 Å². The molecule has 1 fully saturated rings. The largest absolute Gasteiger partial charge is 0.481 e. The summed E-state index contributed by atoms with van der Waals surface area (Å²) >= 11 is 5.90. The molecule has 0 radical (unpaired) electrons. The predicted molar refractivity (Wildman–Crippen MR) is 79.4 cm³/mol. The number of amides is 1. The second-order valence-electron chi connectivity index (χ2n) is 5.37. The molecule has 1 heterocycles. The van der Waals surface area contributed by atoms with Crippen molar-refractivity contribution in [3.63, 3.8) is 0 Å². The maximum absolute atomic E-state index is 12.2. The van der Waals surface area contributed by atoms with Crippen LogP contribution in [-0.4, -0.2) is 28.5 Å². The summed E-state index contributed by atoms with van der Waals surface area (Å²) in [4.78, 5) is 27.4. The molecule has 114 valence electrons. The summed E-state index contributed by atoms with van der Waals surface area (Å²) in [6.07, 6.45) is 3.13. The van der Waals surface area contributed by atoms with E-state index in [0.29, 0.717) is 30.1 Å². The summed E-state index contributed by atoms with van der Waals surface area (Å²) in [5, 5.41) is 12.2. The Bertz CT molecular complexity index is 548. The smallest absolute Gasteiger partial charge is 0.306 e. The van der Waals surface area contributed by atoms with Crippen molar-refractivity contribution in [1.82, 2.24) is 10.3 Å². The van der Waals surface area contributed by atoms with Crippen LogP contribution in [0.5, 0.6) is 0 Å². The van der Waals surface area contributed by atoms with Gasteiger partial charge in [-0.3, -0.25) is 9.59 Å². The summed E-state index contributed by atoms with van der Waals surface area (Å²) in [6, 6.07) is 3.24. The van der Waals surface area contributed by atoms with E-state index >= 15 is 0 Å². The maximum atomic E-state index is 12.2. The number of carboxylic acid groups (broad SMARTS) is 1. The van der Waals surface area contributed by atoms with E-state index in [1.54, 1.807) is 6.07 Å². The minimum atomic E-state index is -0.771. The number of aliphatic carboxylic acids is 1. The highest BCUT2D eigenvalue weighted by atomic mass is 35.5. The van der Waals surface area contributed by atoms with Gasteiger partial charge in [-0.1, -0.05) is 24.9 Å². The monoisotopic (exact) mass is 310 g/mol. The zero-order chi connectivity index (χ0) is 15.4. The average Bonchev–Trinajstić information content (AvgIpc) is 2.92. The number of hydrogen-bond donors (Lipinski definition) is 2. The van der Waals surface area contributed by atoms with Crippen molar-refractivity contribution in [3.05, 3.63) is 28.5 Å². The van der Waals surface area contributed by atoms with Crippen LogP contribution in [0.15, 0.2) is 12.1 Å². The molecule has 21 heavy (non-hydrogen) atoms. The van der Waals surface area contributed by atoms with Gasteiger partial charge in [0.1, 0.15) is 5.15 Å². The minimum absolute atomic E-state index is 0.00871. The van der Waals surface area contributed by atoms with Gasteiger partial charge in [0.2, 0.25) is 0 Å². The van der Waals surface area contributed by atoms with E-state index in [1.165, 1.54) is 6.07 Å². The Morgan fingerprint density at radius 2 is 2.19 bits per heavy atom. The molecular formula is C15H19ClN2O3. The molecule has 2 rings (SSSR count). The van der Waals surface area contributed by atoms with Crippen LogP contribution in [0.1, 0.15) is 42.2 Å². The van der Waals surface area contributed by atoms with Crippen molar-refractivity contribution < 1.29 is 14.7 Å². The van der Waals surface area contributed by atoms with Crippen molar-refractivity contribution in [2.75, 3.05) is 6.54 Å². The molecule has 2 unspecified atom stereocenters. The second kappa shape index (κ2) is 6.89. The van der Waals surface area contributed by atoms with Crippen LogP contribution < -0.4 is 5.32 Å². The molecule has 2 N–H and O–H groups in total. The van der Waals surface area contributed by atoms with Crippen molar-refractivity contribution >= 4 is 23.5 Å². The molecule has 1 aromatic heterocycles. The van der Waals surface area contributed by atoms with Gasteiger partial charge >= 0.3 is 5.97 Å². The van der Waals surface area contributed by atoms with Gasteiger partial charge in [-0.15, -0.1) is 0 Å². The number of halogens is 1. The SMILES string of the molecule is CCc1cc(C(=O)NCC2CCCC2C(=O)O)cc(Cl)n1. The third-order valence-corrected chi connectivity index (χ3v) is 4.17. The van der Waals surface area contributed by atoms with E-state index in [0.717, 1.165) is 18.5 Å². The van der Waals surface area contributed by atoms with E-state index in [4.69, 9.17) is 16.7 Å². The minimum Gasteiger partial charge on any atom is -0.481 e. The molecule has 5 nitrogen and oxygen atoms in total. The van der Waals surface area contributed by atoms with Crippen molar-refractivity contribution in [1.29, 1.82) is 0 Å². The van der Waals surface area contributed by atoms with E-state index < -0.39 is 5.97 Å². The van der Waals surface area contributed by atoms with Gasteiger partial charge in [0.05, 0.1) is 5.92 Å². The first-order valence-electron chi connectivity index (χ1n) is 7.18. The molecule has 0 bridgehead atoms. The molecule has 1 amide bonds. The number of hydrogen-bond acceptors (Lipinski definition) is 3. The molecule has 2 atom stereocenters. The van der Waals surface area contributed by atoms with Crippen LogP contribution in [0, 0.1) is 11.8 Å². The Balaban J connectivity index is 1.98. The van der Waals surface area contributed by atoms with E-state index in [2.05, 4.69) is 10.3 Å². The number of nitrogens with one attached hydrogen (secondary N) is 1. The number of carbonyl (C=O) groups excluding carboxylic acids is 1. The third kappa shape index (κ3) is 3.94. The van der Waals surface area contributed by atoms with E-state index in [-0.39, 0.29) is 17.7 Å². The first-order chi connectivity index (χ1) is 10.0. The fourth-order valence-corrected chi connectivity index (χ4v) is 3.02. The predicted octanol–water partition coefficient (Wildman–Crippen LogP) is 2.53. The number of rotatable bonds is 5. The molecule has 0 saturated heterocycles. The number of carbonyl (C=O) groups is 2. The standard InChI is InChI=1S/C15H19ClN2O3/c1-2-11-6-10(7-13(16)18-11)14(19)17-8-9-4-3-5-12(9)15(20)21/h6-7,9,12H,2-5,8H2,1H3,(H,17,19)(H,20,21). The molecule has 1 saturated carbocycles. The highest BCUT2D eigenvalue weighted by molar-refractivity contribution is 6.29. The van der Waals surface area contributed by atoms with E-state index in [9.17, 15) is 9.59 Å². The van der Waals surface area contributed by atoms with Crippen molar-refractivity contribution in [3.8, 4) is 0 Å². The van der Waals surface area contributed by atoms with Crippen LogP contribution in [0.4, 0.5) is 0 Å². The van der Waals surface area contributed by atoms with E-state index in [1.807, 2.05) is 6.92 Å². The Labute approximate surface area is 128 Å².